The number of morpholine rings is 1. The molecule has 8 nitrogen and oxygen atoms in total. The molecule has 9 heteroatoms. The molecule has 0 bridgehead atoms. The summed E-state index contributed by atoms with van der Waals surface area (Å²) in [6, 6.07) is 17.7. The fourth-order valence-corrected chi connectivity index (χ4v) is 5.63. The zero-order chi connectivity index (χ0) is 26.1. The van der Waals surface area contributed by atoms with E-state index in [0.29, 0.717) is 12.1 Å². The predicted octanol–water partition coefficient (Wildman–Crippen LogP) is 3.83. The normalized spacial score (nSPS) is 16.4. The molecule has 2 aliphatic heterocycles. The maximum atomic E-state index is 12.7. The Morgan fingerprint density at radius 2 is 2.00 bits per heavy atom. The Morgan fingerprint density at radius 3 is 2.82 bits per heavy atom. The number of aryl methyl sites for hydroxylation is 1. The highest BCUT2D eigenvalue weighted by molar-refractivity contribution is 7.98. The highest BCUT2D eigenvalue weighted by Gasteiger charge is 2.45. The van der Waals surface area contributed by atoms with Crippen molar-refractivity contribution in [1.82, 2.24) is 25.6 Å². The van der Waals surface area contributed by atoms with Crippen molar-refractivity contribution in [3.63, 3.8) is 0 Å². The molecule has 2 fully saturated rings. The molecule has 3 aromatic heterocycles. The molecule has 0 radical (unpaired) electrons. The number of nitrogens with zero attached hydrogens (tertiary/aromatic N) is 4. The van der Waals surface area contributed by atoms with E-state index in [9.17, 15) is 4.79 Å². The van der Waals surface area contributed by atoms with Crippen LogP contribution in [0.25, 0.3) is 22.3 Å². The molecule has 38 heavy (non-hydrogen) atoms. The van der Waals surface area contributed by atoms with Crippen LogP contribution in [0.5, 0.6) is 0 Å². The first-order valence-electron chi connectivity index (χ1n) is 12.8. The minimum atomic E-state index is -0.118. The number of aromatic nitrogens is 3. The highest BCUT2D eigenvalue weighted by Crippen LogP contribution is 2.31. The van der Waals surface area contributed by atoms with Crippen molar-refractivity contribution in [2.45, 2.75) is 24.0 Å². The van der Waals surface area contributed by atoms with Crippen molar-refractivity contribution in [3.8, 4) is 11.4 Å². The fraction of sp³-hybridized carbons (Fsp3) is 0.310. The predicted molar refractivity (Wildman–Crippen MR) is 151 cm³/mol. The molecule has 2 N–H and O–H groups in total. The SMILES string of the molecule is CSc1cc(C(=O)NCc2cc3nc(-c4cccc(N5CC6(CNCCO6)C5)n4)ccc3cn2)ccc1C. The van der Waals surface area contributed by atoms with Gasteiger partial charge in [0.1, 0.15) is 11.4 Å². The van der Waals surface area contributed by atoms with Crippen molar-refractivity contribution in [3.05, 3.63) is 77.6 Å². The molecule has 1 spiro atoms. The number of rotatable bonds is 6. The summed E-state index contributed by atoms with van der Waals surface area (Å²) in [7, 11) is 0. The lowest BCUT2D eigenvalue weighted by atomic mass is 9.92. The molecule has 194 valence electrons. The van der Waals surface area contributed by atoms with E-state index in [0.717, 1.165) is 77.0 Å². The van der Waals surface area contributed by atoms with Gasteiger partial charge in [-0.2, -0.15) is 0 Å². The monoisotopic (exact) mass is 526 g/mol. The number of nitrogens with one attached hydrogen (secondary N) is 2. The van der Waals surface area contributed by atoms with Gasteiger partial charge >= 0.3 is 0 Å². The molecule has 0 unspecified atom stereocenters. The van der Waals surface area contributed by atoms with Gasteiger partial charge in [-0.05, 0) is 61.2 Å². The van der Waals surface area contributed by atoms with Gasteiger partial charge in [0.2, 0.25) is 0 Å². The van der Waals surface area contributed by atoms with Crippen LogP contribution in [-0.4, -0.2) is 65.5 Å². The molecule has 1 amide bonds. The largest absolute Gasteiger partial charge is 0.369 e. The summed E-state index contributed by atoms with van der Waals surface area (Å²) in [4.78, 5) is 30.4. The highest BCUT2D eigenvalue weighted by atomic mass is 32.2. The zero-order valence-corrected chi connectivity index (χ0v) is 22.3. The van der Waals surface area contributed by atoms with Crippen LogP contribution >= 0.6 is 11.8 Å². The van der Waals surface area contributed by atoms with E-state index < -0.39 is 0 Å². The van der Waals surface area contributed by atoms with E-state index in [1.165, 1.54) is 0 Å². The van der Waals surface area contributed by atoms with Gasteiger partial charge < -0.3 is 20.3 Å². The van der Waals surface area contributed by atoms with Crippen molar-refractivity contribution in [1.29, 1.82) is 0 Å². The Morgan fingerprint density at radius 1 is 1.13 bits per heavy atom. The van der Waals surface area contributed by atoms with Gasteiger partial charge in [0.25, 0.3) is 5.91 Å². The number of thioether (sulfide) groups is 1. The molecule has 4 aromatic rings. The van der Waals surface area contributed by atoms with Crippen molar-refractivity contribution < 1.29 is 9.53 Å². The van der Waals surface area contributed by atoms with Crippen LogP contribution in [0.1, 0.15) is 21.6 Å². The molecule has 1 aromatic carbocycles. The molecule has 0 saturated carbocycles. The van der Waals surface area contributed by atoms with E-state index in [1.54, 1.807) is 18.0 Å². The van der Waals surface area contributed by atoms with Crippen LogP contribution in [0.2, 0.25) is 0 Å². The lowest BCUT2D eigenvalue weighted by molar-refractivity contribution is -0.0831. The third-order valence-electron chi connectivity index (χ3n) is 7.14. The third kappa shape index (κ3) is 4.97. The summed E-state index contributed by atoms with van der Waals surface area (Å²) in [6.45, 7) is 6.60. The smallest absolute Gasteiger partial charge is 0.251 e. The van der Waals surface area contributed by atoms with Crippen molar-refractivity contribution in [2.24, 2.45) is 0 Å². The molecule has 2 aliphatic rings. The lowest BCUT2D eigenvalue weighted by Crippen LogP contribution is -2.70. The van der Waals surface area contributed by atoms with Crippen LogP contribution < -0.4 is 15.5 Å². The number of amides is 1. The minimum absolute atomic E-state index is 0.0906. The number of carbonyl (C=O) groups excluding carboxylic acids is 1. The van der Waals surface area contributed by atoms with Gasteiger partial charge in [0.05, 0.1) is 48.8 Å². The number of hydrogen-bond donors (Lipinski definition) is 2. The quantitative estimate of drug-likeness (QED) is 0.366. The van der Waals surface area contributed by atoms with Crippen LogP contribution in [0, 0.1) is 6.92 Å². The second-order valence-corrected chi connectivity index (χ2v) is 10.7. The Balaban J connectivity index is 1.16. The number of benzene rings is 1. The van der Waals surface area contributed by atoms with Crippen LogP contribution in [-0.2, 0) is 11.3 Å². The topological polar surface area (TPSA) is 92.3 Å². The Labute approximate surface area is 226 Å². The number of fused-ring (bicyclic) bond motifs is 1. The molecule has 5 heterocycles. The molecule has 2 saturated heterocycles. The van der Waals surface area contributed by atoms with Gasteiger partial charge in [-0.25, -0.2) is 9.97 Å². The van der Waals surface area contributed by atoms with Crippen LogP contribution in [0.4, 0.5) is 5.82 Å². The maximum Gasteiger partial charge on any atom is 0.251 e. The third-order valence-corrected chi connectivity index (χ3v) is 8.02. The molecule has 6 rings (SSSR count). The number of hydrogen-bond acceptors (Lipinski definition) is 8. The maximum absolute atomic E-state index is 12.7. The number of ether oxygens (including phenoxy) is 1. The van der Waals surface area contributed by atoms with Gasteiger partial charge in [0, 0.05) is 35.1 Å². The van der Waals surface area contributed by atoms with E-state index >= 15 is 0 Å². The van der Waals surface area contributed by atoms with E-state index in [4.69, 9.17) is 14.7 Å². The van der Waals surface area contributed by atoms with Crippen LogP contribution in [0.15, 0.2) is 65.7 Å². The van der Waals surface area contributed by atoms with Gasteiger partial charge in [0.15, 0.2) is 0 Å². The summed E-state index contributed by atoms with van der Waals surface area (Å²) < 4.78 is 6.02. The number of carbonyl (C=O) groups is 1. The van der Waals surface area contributed by atoms with Gasteiger partial charge in [-0.15, -0.1) is 11.8 Å². The standard InChI is InChI=1S/C29H30N6O2S/c1-19-6-7-20(12-26(19)38-2)28(36)32-15-22-13-25-21(14-31-22)8-9-24(33-25)23-4-3-5-27(34-23)35-17-29(18-35)16-30-10-11-37-29/h3-9,12-14,30H,10-11,15-18H2,1-2H3,(H,32,36). The van der Waals surface area contributed by atoms with E-state index in [1.807, 2.05) is 67.8 Å². The lowest BCUT2D eigenvalue weighted by Gasteiger charge is -2.52. The molecule has 0 aliphatic carbocycles. The van der Waals surface area contributed by atoms with Crippen molar-refractivity contribution in [2.75, 3.05) is 43.9 Å². The molecular formula is C29H30N6O2S. The second kappa shape index (κ2) is 10.3. The second-order valence-electron chi connectivity index (χ2n) is 9.88. The number of pyridine rings is 3. The average molecular weight is 527 g/mol. The Hall–Kier alpha value is -3.53. The Bertz CT molecular complexity index is 1500. The van der Waals surface area contributed by atoms with Crippen molar-refractivity contribution >= 4 is 34.4 Å². The summed E-state index contributed by atoms with van der Waals surface area (Å²) in [6.07, 6.45) is 3.81. The van der Waals surface area contributed by atoms with Crippen LogP contribution in [0.3, 0.4) is 0 Å². The minimum Gasteiger partial charge on any atom is -0.369 e. The molecule has 0 atom stereocenters. The van der Waals surface area contributed by atoms with E-state index in [2.05, 4.69) is 20.5 Å². The fourth-order valence-electron chi connectivity index (χ4n) is 4.99. The number of anilines is 1. The molecular weight excluding hydrogens is 496 g/mol. The average Bonchev–Trinajstić information content (AvgIpc) is 2.95. The zero-order valence-electron chi connectivity index (χ0n) is 21.5. The first kappa shape index (κ1) is 24.8. The summed E-state index contributed by atoms with van der Waals surface area (Å²) in [5.41, 5.74) is 4.91. The summed E-state index contributed by atoms with van der Waals surface area (Å²) in [5, 5.41) is 7.35. The van der Waals surface area contributed by atoms with E-state index in [-0.39, 0.29) is 11.5 Å². The first-order chi connectivity index (χ1) is 18.5. The Kier molecular flexibility index (Phi) is 6.73. The van der Waals surface area contributed by atoms with Gasteiger partial charge in [-0.3, -0.25) is 9.78 Å². The summed E-state index contributed by atoms with van der Waals surface area (Å²) in [5.74, 6) is 0.815. The van der Waals surface area contributed by atoms with Gasteiger partial charge in [-0.1, -0.05) is 12.1 Å². The first-order valence-corrected chi connectivity index (χ1v) is 14.0. The summed E-state index contributed by atoms with van der Waals surface area (Å²) >= 11 is 1.64.